The van der Waals surface area contributed by atoms with E-state index in [1.807, 2.05) is 24.3 Å². The van der Waals surface area contributed by atoms with Crippen LogP contribution in [-0.4, -0.2) is 71.2 Å². The lowest BCUT2D eigenvalue weighted by molar-refractivity contribution is -0.156. The number of hydrogen-bond acceptors (Lipinski definition) is 8. The van der Waals surface area contributed by atoms with E-state index in [2.05, 4.69) is 5.43 Å². The Kier molecular flexibility index (Phi) is 10.7. The average molecular weight is 541 g/mol. The van der Waals surface area contributed by atoms with Crippen LogP contribution in [0, 0.1) is 0 Å². The van der Waals surface area contributed by atoms with Crippen molar-refractivity contribution in [3.8, 4) is 0 Å². The normalized spacial score (nSPS) is 14.7. The second-order valence-corrected chi connectivity index (χ2v) is 8.69. The highest BCUT2D eigenvalue weighted by Crippen LogP contribution is 2.23. The Morgan fingerprint density at radius 1 is 0.923 bits per heavy atom. The predicted molar refractivity (Wildman–Crippen MR) is 137 cm³/mol. The van der Waals surface area contributed by atoms with Crippen molar-refractivity contribution in [2.24, 2.45) is 0 Å². The molecular weight excluding hydrogens is 508 g/mol. The fourth-order valence-electron chi connectivity index (χ4n) is 3.92. The monoisotopic (exact) mass is 540 g/mol. The molecule has 39 heavy (non-hydrogen) atoms. The second-order valence-electron chi connectivity index (χ2n) is 8.69. The number of ether oxygens (including phenoxy) is 3. The molecular formula is C27H32N4O8. The molecule has 1 N–H and O–H groups in total. The first-order valence-electron chi connectivity index (χ1n) is 12.4. The molecule has 0 aromatic heterocycles. The van der Waals surface area contributed by atoms with Crippen molar-refractivity contribution in [2.75, 3.05) is 20.2 Å². The Hall–Kier alpha value is -4.61. The SMILES string of the molecule is COC(=O)[C@@H]1CCCN(C(=O)OCc2ccccc2)N1C(=O)N(CCC(=O)OCc1ccccc1)NC(C)=O. The van der Waals surface area contributed by atoms with Crippen LogP contribution in [0.25, 0.3) is 0 Å². The number of benzene rings is 2. The second kappa shape index (κ2) is 14.4. The summed E-state index contributed by atoms with van der Waals surface area (Å²) >= 11 is 0. The first-order valence-corrected chi connectivity index (χ1v) is 12.4. The number of hydrogen-bond donors (Lipinski definition) is 1. The number of amides is 4. The Morgan fingerprint density at radius 2 is 1.51 bits per heavy atom. The van der Waals surface area contributed by atoms with Crippen LogP contribution in [-0.2, 0) is 41.8 Å². The van der Waals surface area contributed by atoms with Crippen LogP contribution in [0.4, 0.5) is 9.59 Å². The fourth-order valence-corrected chi connectivity index (χ4v) is 3.92. The molecule has 0 aliphatic carbocycles. The third-order valence-corrected chi connectivity index (χ3v) is 5.79. The van der Waals surface area contributed by atoms with Crippen molar-refractivity contribution in [1.82, 2.24) is 20.5 Å². The van der Waals surface area contributed by atoms with Crippen LogP contribution in [0.5, 0.6) is 0 Å². The molecule has 2 aromatic carbocycles. The topological polar surface area (TPSA) is 135 Å². The molecule has 0 radical (unpaired) electrons. The lowest BCUT2D eigenvalue weighted by Crippen LogP contribution is -2.65. The number of nitrogens with one attached hydrogen (secondary N) is 1. The van der Waals surface area contributed by atoms with Crippen molar-refractivity contribution < 1.29 is 38.2 Å². The van der Waals surface area contributed by atoms with Crippen LogP contribution < -0.4 is 5.43 Å². The Balaban J connectivity index is 1.74. The summed E-state index contributed by atoms with van der Waals surface area (Å²) in [7, 11) is 1.17. The summed E-state index contributed by atoms with van der Waals surface area (Å²) in [5.74, 6) is -1.94. The number of carbonyl (C=O) groups is 5. The van der Waals surface area contributed by atoms with Crippen molar-refractivity contribution >= 4 is 30.0 Å². The van der Waals surface area contributed by atoms with E-state index < -0.39 is 36.0 Å². The summed E-state index contributed by atoms with van der Waals surface area (Å²) in [5, 5.41) is 2.79. The maximum absolute atomic E-state index is 13.7. The van der Waals surface area contributed by atoms with Gasteiger partial charge >= 0.3 is 24.1 Å². The lowest BCUT2D eigenvalue weighted by atomic mass is 10.1. The van der Waals surface area contributed by atoms with E-state index in [1.165, 1.54) is 14.0 Å². The zero-order chi connectivity index (χ0) is 28.2. The Morgan fingerprint density at radius 3 is 2.08 bits per heavy atom. The number of nitrogens with zero attached hydrogens (tertiary/aromatic N) is 3. The molecule has 2 aromatic rings. The van der Waals surface area contributed by atoms with Gasteiger partial charge in [0.1, 0.15) is 13.2 Å². The molecule has 0 saturated carbocycles. The highest BCUT2D eigenvalue weighted by atomic mass is 16.6. The van der Waals surface area contributed by atoms with Gasteiger partial charge in [-0.25, -0.2) is 29.4 Å². The highest BCUT2D eigenvalue weighted by Gasteiger charge is 2.43. The van der Waals surface area contributed by atoms with Gasteiger partial charge in [0, 0.05) is 13.5 Å². The molecule has 1 aliphatic heterocycles. The van der Waals surface area contributed by atoms with Gasteiger partial charge in [0.2, 0.25) is 5.91 Å². The third-order valence-electron chi connectivity index (χ3n) is 5.79. The molecule has 1 atom stereocenters. The quantitative estimate of drug-likeness (QED) is 0.307. The van der Waals surface area contributed by atoms with Gasteiger partial charge in [-0.1, -0.05) is 60.7 Å². The van der Waals surface area contributed by atoms with Gasteiger partial charge in [-0.15, -0.1) is 0 Å². The minimum Gasteiger partial charge on any atom is -0.467 e. The van der Waals surface area contributed by atoms with Gasteiger partial charge in [0.15, 0.2) is 6.04 Å². The molecule has 1 fully saturated rings. The first-order chi connectivity index (χ1) is 18.8. The molecule has 0 spiro atoms. The molecule has 208 valence electrons. The molecule has 3 rings (SSSR count). The highest BCUT2D eigenvalue weighted by molar-refractivity contribution is 5.87. The molecule has 0 unspecified atom stereocenters. The zero-order valence-corrected chi connectivity index (χ0v) is 21.9. The van der Waals surface area contributed by atoms with E-state index in [1.54, 1.807) is 36.4 Å². The predicted octanol–water partition coefficient (Wildman–Crippen LogP) is 2.78. The summed E-state index contributed by atoms with van der Waals surface area (Å²) in [5.41, 5.74) is 3.89. The molecule has 12 heteroatoms. The summed E-state index contributed by atoms with van der Waals surface area (Å²) in [6, 6.07) is 16.0. The van der Waals surface area contributed by atoms with Gasteiger partial charge in [0.25, 0.3) is 0 Å². The Bertz CT molecular complexity index is 1140. The van der Waals surface area contributed by atoms with Crippen molar-refractivity contribution in [2.45, 2.75) is 45.4 Å². The van der Waals surface area contributed by atoms with Gasteiger partial charge in [-0.2, -0.15) is 0 Å². The van der Waals surface area contributed by atoms with Crippen LogP contribution in [0.15, 0.2) is 60.7 Å². The van der Waals surface area contributed by atoms with Crippen LogP contribution in [0.1, 0.15) is 37.3 Å². The number of rotatable bonds is 8. The minimum atomic E-state index is -1.15. The van der Waals surface area contributed by atoms with E-state index in [0.717, 1.165) is 26.2 Å². The van der Waals surface area contributed by atoms with Crippen molar-refractivity contribution in [3.63, 3.8) is 0 Å². The number of carbonyl (C=O) groups excluding carboxylic acids is 5. The lowest BCUT2D eigenvalue weighted by Gasteiger charge is -2.43. The molecule has 12 nitrogen and oxygen atoms in total. The third kappa shape index (κ3) is 8.45. The smallest absolute Gasteiger partial charge is 0.429 e. The summed E-state index contributed by atoms with van der Waals surface area (Å²) < 4.78 is 15.5. The summed E-state index contributed by atoms with van der Waals surface area (Å²) in [6.45, 7) is 0.992. The van der Waals surface area contributed by atoms with Crippen molar-refractivity contribution in [3.05, 3.63) is 71.8 Å². The van der Waals surface area contributed by atoms with Crippen molar-refractivity contribution in [1.29, 1.82) is 0 Å². The maximum atomic E-state index is 13.7. The van der Waals surface area contributed by atoms with Gasteiger partial charge in [-0.3, -0.25) is 15.0 Å². The maximum Gasteiger partial charge on any atom is 0.429 e. The summed E-state index contributed by atoms with van der Waals surface area (Å²) in [6.07, 6.45) is -0.497. The average Bonchev–Trinajstić information content (AvgIpc) is 2.96. The van der Waals surface area contributed by atoms with E-state index in [0.29, 0.717) is 6.42 Å². The molecule has 1 aliphatic rings. The molecule has 1 saturated heterocycles. The van der Waals surface area contributed by atoms with Crippen LogP contribution in [0.2, 0.25) is 0 Å². The summed E-state index contributed by atoms with van der Waals surface area (Å²) in [4.78, 5) is 63.6. The Labute approximate surface area is 226 Å². The first kappa shape index (κ1) is 29.0. The zero-order valence-electron chi connectivity index (χ0n) is 21.9. The molecule has 0 bridgehead atoms. The van der Waals surface area contributed by atoms with Gasteiger partial charge < -0.3 is 14.2 Å². The van der Waals surface area contributed by atoms with E-state index in [9.17, 15) is 24.0 Å². The number of hydrazine groups is 2. The van der Waals surface area contributed by atoms with Gasteiger partial charge in [0.05, 0.1) is 20.1 Å². The van der Waals surface area contributed by atoms with E-state index in [-0.39, 0.29) is 39.1 Å². The van der Waals surface area contributed by atoms with E-state index in [4.69, 9.17) is 14.2 Å². The number of esters is 2. The van der Waals surface area contributed by atoms with Crippen LogP contribution >= 0.6 is 0 Å². The van der Waals surface area contributed by atoms with Crippen LogP contribution in [0.3, 0.4) is 0 Å². The minimum absolute atomic E-state index is 0.0470. The van der Waals surface area contributed by atoms with E-state index >= 15 is 0 Å². The fraction of sp³-hybridized carbons (Fsp3) is 0.370. The standard InChI is InChI=1S/C27H32N4O8/c1-20(32)28-29(17-15-24(33)38-18-21-10-5-3-6-11-21)26(35)31-23(25(34)37-2)14-9-16-30(31)27(36)39-19-22-12-7-4-8-13-22/h3-8,10-13,23H,9,14-19H2,1-2H3,(H,28,32)/t23-/m0/s1. The number of methoxy groups -OCH3 is 1. The number of urea groups is 1. The van der Waals surface area contributed by atoms with Gasteiger partial charge in [-0.05, 0) is 24.0 Å². The molecule has 4 amide bonds. The largest absolute Gasteiger partial charge is 0.467 e. The molecule has 1 heterocycles.